The highest BCUT2D eigenvalue weighted by atomic mass is 19.1. The van der Waals surface area contributed by atoms with Crippen LogP contribution < -0.4 is 5.32 Å². The highest BCUT2D eigenvalue weighted by Crippen LogP contribution is 2.41. The Morgan fingerprint density at radius 2 is 1.95 bits per heavy atom. The quantitative estimate of drug-likeness (QED) is 0.397. The Labute approximate surface area is 107 Å². The van der Waals surface area contributed by atoms with Crippen molar-refractivity contribution in [2.24, 2.45) is 0 Å². The van der Waals surface area contributed by atoms with E-state index in [4.69, 9.17) is 0 Å². The molecule has 3 rings (SSSR count). The van der Waals surface area contributed by atoms with Gasteiger partial charge in [0.25, 0.3) is 0 Å². The minimum absolute atomic E-state index is 0.208. The van der Waals surface area contributed by atoms with E-state index in [0.717, 1.165) is 0 Å². The van der Waals surface area contributed by atoms with E-state index < -0.39 is 23.6 Å². The van der Waals surface area contributed by atoms with Crippen molar-refractivity contribution in [3.63, 3.8) is 0 Å². The number of aromatic nitrogens is 1. The van der Waals surface area contributed by atoms with E-state index in [0.29, 0.717) is 5.52 Å². The zero-order valence-electron chi connectivity index (χ0n) is 9.76. The number of aromatic amines is 1. The predicted octanol–water partition coefficient (Wildman–Crippen LogP) is -0.339. The summed E-state index contributed by atoms with van der Waals surface area (Å²) >= 11 is 0. The molecule has 6 nitrogen and oxygen atoms in total. The van der Waals surface area contributed by atoms with Crippen molar-refractivity contribution in [2.45, 2.75) is 24.2 Å². The van der Waals surface area contributed by atoms with Gasteiger partial charge in [-0.2, -0.15) is 0 Å². The fourth-order valence-electron chi connectivity index (χ4n) is 2.63. The summed E-state index contributed by atoms with van der Waals surface area (Å²) in [5.74, 6) is -6.53. The second-order valence-electron chi connectivity index (χ2n) is 4.83. The number of fused-ring (bicyclic) bond motifs is 1. The number of halogens is 1. The molecule has 0 radical (unpaired) electrons. The maximum Gasteiger partial charge on any atom is 0.234 e. The van der Waals surface area contributed by atoms with Crippen LogP contribution in [0.15, 0.2) is 24.4 Å². The van der Waals surface area contributed by atoms with Crippen molar-refractivity contribution in [1.29, 1.82) is 0 Å². The van der Waals surface area contributed by atoms with E-state index in [1.165, 1.54) is 18.3 Å². The Kier molecular flexibility index (Phi) is 2.47. The highest BCUT2D eigenvalue weighted by molar-refractivity contribution is 5.84. The number of benzene rings is 1. The van der Waals surface area contributed by atoms with Crippen LogP contribution in [0.4, 0.5) is 4.39 Å². The van der Waals surface area contributed by atoms with Gasteiger partial charge in [0.05, 0.1) is 5.92 Å². The zero-order valence-corrected chi connectivity index (χ0v) is 9.76. The van der Waals surface area contributed by atoms with Crippen molar-refractivity contribution in [3.05, 3.63) is 35.8 Å². The second kappa shape index (κ2) is 3.75. The summed E-state index contributed by atoms with van der Waals surface area (Å²) in [7, 11) is 0. The van der Waals surface area contributed by atoms with Gasteiger partial charge in [0.1, 0.15) is 5.82 Å². The molecule has 1 aliphatic rings. The molecule has 0 amide bonds. The van der Waals surface area contributed by atoms with Crippen molar-refractivity contribution in [3.8, 4) is 0 Å². The van der Waals surface area contributed by atoms with Crippen LogP contribution in [-0.2, 0) is 0 Å². The standard InChI is InChI=1S/C12H13FN2O4/c13-8-2-1-3-9-10(8)6(5-14-9)7-4-11(16,17)15-12(7,18)19/h1-3,5,7,14-19H,4H2. The zero-order chi connectivity index (χ0) is 13.8. The number of aliphatic hydroxyl groups is 4. The van der Waals surface area contributed by atoms with Gasteiger partial charge >= 0.3 is 0 Å². The lowest BCUT2D eigenvalue weighted by molar-refractivity contribution is -0.242. The molecule has 19 heavy (non-hydrogen) atoms. The van der Waals surface area contributed by atoms with Gasteiger partial charge < -0.3 is 25.4 Å². The third-order valence-electron chi connectivity index (χ3n) is 3.42. The molecule has 1 unspecified atom stereocenters. The Hall–Kier alpha value is -1.51. The van der Waals surface area contributed by atoms with Gasteiger partial charge in [0.2, 0.25) is 11.8 Å². The molecule has 6 N–H and O–H groups in total. The van der Waals surface area contributed by atoms with Crippen LogP contribution in [0.5, 0.6) is 0 Å². The molecule has 1 fully saturated rings. The van der Waals surface area contributed by atoms with Gasteiger partial charge in [-0.3, -0.25) is 0 Å². The van der Waals surface area contributed by atoms with Crippen LogP contribution in [0.3, 0.4) is 0 Å². The van der Waals surface area contributed by atoms with Crippen LogP contribution in [0.1, 0.15) is 17.9 Å². The number of hydrogen-bond acceptors (Lipinski definition) is 5. The van der Waals surface area contributed by atoms with Crippen LogP contribution in [0.25, 0.3) is 10.9 Å². The molecule has 2 heterocycles. The Morgan fingerprint density at radius 1 is 1.21 bits per heavy atom. The normalized spacial score (nSPS) is 25.0. The van der Waals surface area contributed by atoms with E-state index in [2.05, 4.69) is 4.98 Å². The Bertz CT molecular complexity index is 638. The molecule has 7 heteroatoms. The first-order chi connectivity index (χ1) is 8.80. The number of nitrogens with one attached hydrogen (secondary N) is 2. The van der Waals surface area contributed by atoms with Crippen molar-refractivity contribution >= 4 is 10.9 Å². The topological polar surface area (TPSA) is 109 Å². The van der Waals surface area contributed by atoms with Crippen molar-refractivity contribution in [1.82, 2.24) is 10.3 Å². The van der Waals surface area contributed by atoms with E-state index in [1.807, 2.05) is 5.32 Å². The maximum absolute atomic E-state index is 13.8. The molecule has 1 aliphatic heterocycles. The first-order valence-corrected chi connectivity index (χ1v) is 5.74. The first-order valence-electron chi connectivity index (χ1n) is 5.74. The molecule has 1 saturated heterocycles. The molecule has 1 atom stereocenters. The third kappa shape index (κ3) is 1.92. The number of H-pyrrole nitrogens is 1. The predicted molar refractivity (Wildman–Crippen MR) is 63.1 cm³/mol. The Balaban J connectivity index is 2.15. The summed E-state index contributed by atoms with van der Waals surface area (Å²) in [5.41, 5.74) is 0.773. The minimum Gasteiger partial charge on any atom is -0.361 e. The van der Waals surface area contributed by atoms with Crippen LogP contribution in [-0.4, -0.2) is 37.2 Å². The third-order valence-corrected chi connectivity index (χ3v) is 3.42. The summed E-state index contributed by atoms with van der Waals surface area (Å²) < 4.78 is 13.8. The summed E-state index contributed by atoms with van der Waals surface area (Å²) in [6, 6.07) is 4.42. The van der Waals surface area contributed by atoms with E-state index in [1.54, 1.807) is 6.07 Å². The lowest BCUT2D eigenvalue weighted by Gasteiger charge is -2.23. The maximum atomic E-state index is 13.8. The molecule has 0 saturated carbocycles. The number of rotatable bonds is 1. The molecule has 0 spiro atoms. The molecule has 0 bridgehead atoms. The lowest BCUT2D eigenvalue weighted by atomic mass is 9.94. The monoisotopic (exact) mass is 268 g/mol. The van der Waals surface area contributed by atoms with Crippen LogP contribution >= 0.6 is 0 Å². The average Bonchev–Trinajstić information content (AvgIpc) is 2.77. The van der Waals surface area contributed by atoms with Gasteiger partial charge in [-0.1, -0.05) is 6.07 Å². The van der Waals surface area contributed by atoms with Crippen LogP contribution in [0, 0.1) is 5.82 Å². The number of hydrogen-bond donors (Lipinski definition) is 6. The van der Waals surface area contributed by atoms with Crippen molar-refractivity contribution in [2.75, 3.05) is 0 Å². The molecule has 1 aromatic carbocycles. The molecular formula is C12H13FN2O4. The average molecular weight is 268 g/mol. The summed E-state index contributed by atoms with van der Waals surface area (Å²) in [6.07, 6.45) is 1.06. The highest BCUT2D eigenvalue weighted by Gasteiger charge is 2.53. The van der Waals surface area contributed by atoms with E-state index in [-0.39, 0.29) is 17.4 Å². The SMILES string of the molecule is OC1(O)CC(c2c[nH]c3cccc(F)c23)C(O)(O)N1. The Morgan fingerprint density at radius 3 is 2.58 bits per heavy atom. The summed E-state index contributed by atoms with van der Waals surface area (Å²) in [5, 5.41) is 40.6. The largest absolute Gasteiger partial charge is 0.361 e. The van der Waals surface area contributed by atoms with Gasteiger partial charge in [0.15, 0.2) is 0 Å². The molecular weight excluding hydrogens is 255 g/mol. The van der Waals surface area contributed by atoms with E-state index >= 15 is 0 Å². The fourth-order valence-corrected chi connectivity index (χ4v) is 2.63. The first kappa shape index (κ1) is 12.5. The minimum atomic E-state index is -2.53. The molecule has 102 valence electrons. The second-order valence-corrected chi connectivity index (χ2v) is 4.83. The van der Waals surface area contributed by atoms with Crippen LogP contribution in [0.2, 0.25) is 0 Å². The van der Waals surface area contributed by atoms with Gasteiger partial charge in [-0.05, 0) is 17.7 Å². The molecule has 0 aliphatic carbocycles. The molecule has 2 aromatic rings. The molecule has 1 aromatic heterocycles. The summed E-state index contributed by atoms with van der Waals surface area (Å²) in [6.45, 7) is 0. The van der Waals surface area contributed by atoms with Gasteiger partial charge in [-0.25, -0.2) is 9.71 Å². The van der Waals surface area contributed by atoms with Crippen molar-refractivity contribution < 1.29 is 24.8 Å². The lowest BCUT2D eigenvalue weighted by Crippen LogP contribution is -2.51. The summed E-state index contributed by atoms with van der Waals surface area (Å²) in [4.78, 5) is 2.82. The van der Waals surface area contributed by atoms with Gasteiger partial charge in [0, 0.05) is 23.5 Å². The smallest absolute Gasteiger partial charge is 0.234 e. The van der Waals surface area contributed by atoms with E-state index in [9.17, 15) is 24.8 Å². The van der Waals surface area contributed by atoms with Gasteiger partial charge in [-0.15, -0.1) is 0 Å². The fraction of sp³-hybridized carbons (Fsp3) is 0.333.